The number of carbonyl (C=O) groups excluding carboxylic acids is 1. The summed E-state index contributed by atoms with van der Waals surface area (Å²) >= 11 is 1.80. The molecule has 1 amide bonds. The van der Waals surface area contributed by atoms with Crippen LogP contribution in [0.5, 0.6) is 0 Å². The molecule has 0 radical (unpaired) electrons. The van der Waals surface area contributed by atoms with Gasteiger partial charge in [-0.3, -0.25) is 14.2 Å². The number of aryl methyl sites for hydroxylation is 1. The van der Waals surface area contributed by atoms with E-state index in [0.29, 0.717) is 24.0 Å². The molecular formula is C24H23N3O2S. The summed E-state index contributed by atoms with van der Waals surface area (Å²) in [7, 11) is 0. The Kier molecular flexibility index (Phi) is 6.44. The second-order valence-corrected chi connectivity index (χ2v) is 8.16. The highest BCUT2D eigenvalue weighted by Gasteiger charge is 2.06. The molecule has 0 aliphatic rings. The largest absolute Gasteiger partial charge is 0.355 e. The highest BCUT2D eigenvalue weighted by Crippen LogP contribution is 2.22. The number of hydrogen-bond donors (Lipinski definition) is 1. The van der Waals surface area contributed by atoms with Crippen LogP contribution in [-0.2, 0) is 17.1 Å². The molecule has 0 spiro atoms. The maximum Gasteiger partial charge on any atom is 0.261 e. The third-order valence-corrected chi connectivity index (χ3v) is 6.03. The third-order valence-electron chi connectivity index (χ3n) is 5.02. The van der Waals surface area contributed by atoms with Crippen LogP contribution < -0.4 is 10.9 Å². The molecule has 0 aliphatic carbocycles. The van der Waals surface area contributed by atoms with Gasteiger partial charge in [0.05, 0.1) is 17.2 Å². The number of thioether (sulfide) groups is 1. The van der Waals surface area contributed by atoms with Crippen LogP contribution in [0, 0.1) is 0 Å². The van der Waals surface area contributed by atoms with E-state index in [1.54, 1.807) is 17.8 Å². The molecule has 3 aromatic carbocycles. The SMILES string of the molecule is O=C(CCn1cnc2ccccc2c1=O)NCCSCc1cccc2ccccc12. The summed E-state index contributed by atoms with van der Waals surface area (Å²) in [5.74, 6) is 1.70. The van der Waals surface area contributed by atoms with Gasteiger partial charge in [0.15, 0.2) is 0 Å². The Bertz CT molecular complexity index is 1230. The van der Waals surface area contributed by atoms with Crippen LogP contribution in [0.4, 0.5) is 0 Å². The average Bonchev–Trinajstić information content (AvgIpc) is 2.78. The van der Waals surface area contributed by atoms with Gasteiger partial charge >= 0.3 is 0 Å². The minimum atomic E-state index is -0.112. The van der Waals surface area contributed by atoms with E-state index in [1.165, 1.54) is 27.2 Å². The molecule has 1 heterocycles. The molecule has 0 aliphatic heterocycles. The molecule has 1 aromatic heterocycles. The Morgan fingerprint density at radius 3 is 2.63 bits per heavy atom. The van der Waals surface area contributed by atoms with Crippen molar-refractivity contribution in [2.75, 3.05) is 12.3 Å². The van der Waals surface area contributed by atoms with Gasteiger partial charge in [-0.2, -0.15) is 11.8 Å². The summed E-state index contributed by atoms with van der Waals surface area (Å²) < 4.78 is 1.50. The molecule has 4 rings (SSSR count). The van der Waals surface area contributed by atoms with Gasteiger partial charge < -0.3 is 5.32 Å². The first-order valence-corrected chi connectivity index (χ1v) is 11.1. The summed E-state index contributed by atoms with van der Waals surface area (Å²) in [5.41, 5.74) is 1.87. The number of nitrogens with zero attached hydrogens (tertiary/aromatic N) is 2. The van der Waals surface area contributed by atoms with Gasteiger partial charge in [-0.05, 0) is 28.5 Å². The fourth-order valence-corrected chi connectivity index (χ4v) is 4.30. The zero-order valence-electron chi connectivity index (χ0n) is 16.6. The first kappa shape index (κ1) is 20.2. The molecule has 0 bridgehead atoms. The molecule has 0 unspecified atom stereocenters. The number of para-hydroxylation sites is 1. The van der Waals surface area contributed by atoms with Gasteiger partial charge in [-0.15, -0.1) is 0 Å². The normalized spacial score (nSPS) is 11.1. The van der Waals surface area contributed by atoms with Crippen molar-refractivity contribution in [1.29, 1.82) is 0 Å². The third kappa shape index (κ3) is 4.71. The van der Waals surface area contributed by atoms with Crippen molar-refractivity contribution in [3.8, 4) is 0 Å². The molecule has 152 valence electrons. The van der Waals surface area contributed by atoms with E-state index < -0.39 is 0 Å². The van der Waals surface area contributed by atoms with Gasteiger partial charge in [0.2, 0.25) is 5.91 Å². The standard InChI is InChI=1S/C24H23N3O2S/c28-23(12-14-27-17-26-22-11-4-3-10-21(22)24(27)29)25-13-15-30-16-19-8-5-7-18-6-1-2-9-20(18)19/h1-11,17H,12-16H2,(H,25,28). The number of nitrogens with one attached hydrogen (secondary N) is 1. The van der Waals surface area contributed by atoms with Gasteiger partial charge in [0.25, 0.3) is 5.56 Å². The maximum atomic E-state index is 12.5. The summed E-state index contributed by atoms with van der Waals surface area (Å²) in [6.45, 7) is 0.935. The van der Waals surface area contributed by atoms with E-state index in [1.807, 2.05) is 18.2 Å². The molecule has 1 N–H and O–H groups in total. The van der Waals surface area contributed by atoms with Gasteiger partial charge in [-0.25, -0.2) is 4.98 Å². The number of aromatic nitrogens is 2. The molecule has 0 fully saturated rings. The molecule has 6 heteroatoms. The number of rotatable bonds is 8. The fourth-order valence-electron chi connectivity index (χ4n) is 3.44. The van der Waals surface area contributed by atoms with Crippen molar-refractivity contribution in [1.82, 2.24) is 14.9 Å². The predicted octanol–water partition coefficient (Wildman–Crippen LogP) is 3.99. The van der Waals surface area contributed by atoms with Crippen LogP contribution in [0.3, 0.4) is 0 Å². The summed E-state index contributed by atoms with van der Waals surface area (Å²) in [6.07, 6.45) is 1.77. The van der Waals surface area contributed by atoms with Crippen LogP contribution in [0.1, 0.15) is 12.0 Å². The first-order chi connectivity index (χ1) is 14.7. The Morgan fingerprint density at radius 1 is 0.967 bits per heavy atom. The fraction of sp³-hybridized carbons (Fsp3) is 0.208. The molecule has 5 nitrogen and oxygen atoms in total. The molecule has 4 aromatic rings. The van der Waals surface area contributed by atoms with E-state index in [-0.39, 0.29) is 17.9 Å². The lowest BCUT2D eigenvalue weighted by Crippen LogP contribution is -2.29. The van der Waals surface area contributed by atoms with Crippen molar-refractivity contribution < 1.29 is 4.79 Å². The van der Waals surface area contributed by atoms with Crippen LogP contribution in [0.25, 0.3) is 21.7 Å². The molecule has 0 saturated carbocycles. The number of fused-ring (bicyclic) bond motifs is 2. The van der Waals surface area contributed by atoms with E-state index >= 15 is 0 Å². The molecular weight excluding hydrogens is 394 g/mol. The van der Waals surface area contributed by atoms with Crippen LogP contribution >= 0.6 is 11.8 Å². The van der Waals surface area contributed by atoms with Crippen molar-refractivity contribution in [3.05, 3.63) is 89.0 Å². The average molecular weight is 418 g/mol. The number of amides is 1. The molecule has 30 heavy (non-hydrogen) atoms. The second-order valence-electron chi connectivity index (χ2n) is 7.05. The first-order valence-electron chi connectivity index (χ1n) is 9.97. The Morgan fingerprint density at radius 2 is 1.73 bits per heavy atom. The predicted molar refractivity (Wildman–Crippen MR) is 124 cm³/mol. The molecule has 0 saturated heterocycles. The highest BCUT2D eigenvalue weighted by atomic mass is 32.2. The summed E-state index contributed by atoms with van der Waals surface area (Å²) in [6, 6.07) is 22.0. The lowest BCUT2D eigenvalue weighted by atomic mass is 10.1. The van der Waals surface area contributed by atoms with E-state index in [0.717, 1.165) is 11.5 Å². The molecule has 0 atom stereocenters. The number of hydrogen-bond acceptors (Lipinski definition) is 4. The topological polar surface area (TPSA) is 64.0 Å². The van der Waals surface area contributed by atoms with Gasteiger partial charge in [0, 0.05) is 31.0 Å². The summed E-state index contributed by atoms with van der Waals surface area (Å²) in [4.78, 5) is 28.9. The lowest BCUT2D eigenvalue weighted by molar-refractivity contribution is -0.121. The van der Waals surface area contributed by atoms with Crippen molar-refractivity contribution in [2.45, 2.75) is 18.7 Å². The zero-order chi connectivity index (χ0) is 20.8. The van der Waals surface area contributed by atoms with Crippen molar-refractivity contribution in [3.63, 3.8) is 0 Å². The van der Waals surface area contributed by atoms with Crippen LogP contribution in [0.2, 0.25) is 0 Å². The van der Waals surface area contributed by atoms with Crippen molar-refractivity contribution in [2.24, 2.45) is 0 Å². The van der Waals surface area contributed by atoms with Crippen molar-refractivity contribution >= 4 is 39.3 Å². The lowest BCUT2D eigenvalue weighted by Gasteiger charge is -2.09. The van der Waals surface area contributed by atoms with E-state index in [2.05, 4.69) is 52.8 Å². The minimum absolute atomic E-state index is 0.0548. The Labute approximate surface area is 179 Å². The number of benzene rings is 3. The zero-order valence-corrected chi connectivity index (χ0v) is 17.4. The Hall–Kier alpha value is -3.12. The minimum Gasteiger partial charge on any atom is -0.355 e. The number of carbonyl (C=O) groups is 1. The van der Waals surface area contributed by atoms with Crippen LogP contribution in [-0.4, -0.2) is 27.8 Å². The Balaban J connectivity index is 1.22. The summed E-state index contributed by atoms with van der Waals surface area (Å²) in [5, 5.41) is 6.05. The van der Waals surface area contributed by atoms with Gasteiger partial charge in [0.1, 0.15) is 0 Å². The van der Waals surface area contributed by atoms with Gasteiger partial charge in [-0.1, -0.05) is 54.6 Å². The highest BCUT2D eigenvalue weighted by molar-refractivity contribution is 7.98. The van der Waals surface area contributed by atoms with Crippen LogP contribution in [0.15, 0.2) is 77.9 Å². The van der Waals surface area contributed by atoms with E-state index in [9.17, 15) is 9.59 Å². The quantitative estimate of drug-likeness (QED) is 0.440. The maximum absolute atomic E-state index is 12.5. The smallest absolute Gasteiger partial charge is 0.261 e. The monoisotopic (exact) mass is 417 g/mol. The van der Waals surface area contributed by atoms with E-state index in [4.69, 9.17) is 0 Å². The second kappa shape index (κ2) is 9.59.